The number of hydrogen-bond acceptors (Lipinski definition) is 1. The third kappa shape index (κ3) is 2.25. The van der Waals surface area contributed by atoms with Gasteiger partial charge in [0.25, 0.3) is 0 Å². The number of aliphatic hydroxyl groups is 1. The molecule has 0 aliphatic heterocycles. The lowest BCUT2D eigenvalue weighted by Crippen LogP contribution is -2.10. The topological polar surface area (TPSA) is 29.5 Å². The molecule has 1 heterocycles. The minimum Gasteiger partial charge on any atom is -0.396 e. The van der Waals surface area contributed by atoms with Crippen molar-refractivity contribution in [2.45, 2.75) is 32.2 Å². The Balaban J connectivity index is 2.24. The van der Waals surface area contributed by atoms with Gasteiger partial charge in [0.05, 0.1) is 6.54 Å². The molecular weight excluding hydrogens is 316 g/mol. The Labute approximate surface area is 127 Å². The summed E-state index contributed by atoms with van der Waals surface area (Å²) in [5.41, 5.74) is 2.32. The zero-order valence-electron chi connectivity index (χ0n) is 11.4. The largest absolute Gasteiger partial charge is 0.396 e. The van der Waals surface area contributed by atoms with Gasteiger partial charge in [0.2, 0.25) is 5.82 Å². The quantitative estimate of drug-likeness (QED) is 0.823. The molecule has 3 nitrogen and oxygen atoms in total. The molecule has 0 spiro atoms. The summed E-state index contributed by atoms with van der Waals surface area (Å²) < 4.78 is 3.11. The summed E-state index contributed by atoms with van der Waals surface area (Å²) in [6.07, 6.45) is 2.38. The third-order valence-corrected chi connectivity index (χ3v) is 4.43. The Morgan fingerprint density at radius 1 is 1.50 bits per heavy atom. The van der Waals surface area contributed by atoms with Gasteiger partial charge in [0, 0.05) is 22.4 Å². The van der Waals surface area contributed by atoms with Crippen LogP contribution in [0.15, 0.2) is 22.7 Å². The van der Waals surface area contributed by atoms with Crippen molar-refractivity contribution in [3.63, 3.8) is 0 Å². The van der Waals surface area contributed by atoms with Crippen molar-refractivity contribution in [2.75, 3.05) is 6.61 Å². The number of rotatable bonds is 4. The van der Waals surface area contributed by atoms with Crippen LogP contribution in [0, 0.1) is 12.5 Å². The van der Waals surface area contributed by atoms with Crippen LogP contribution in [-0.2, 0) is 6.54 Å². The highest BCUT2D eigenvalue weighted by Crippen LogP contribution is 2.49. The van der Waals surface area contributed by atoms with Gasteiger partial charge in [0.15, 0.2) is 0 Å². The Morgan fingerprint density at radius 2 is 2.25 bits per heavy atom. The van der Waals surface area contributed by atoms with Crippen molar-refractivity contribution in [1.82, 2.24) is 4.57 Å². The maximum absolute atomic E-state index is 9.31. The first kappa shape index (κ1) is 13.7. The summed E-state index contributed by atoms with van der Waals surface area (Å²) in [4.78, 5) is 3.80. The average molecular weight is 333 g/mol. The molecule has 1 aliphatic carbocycles. The summed E-state index contributed by atoms with van der Waals surface area (Å²) in [6.45, 7) is 10.4. The second-order valence-corrected chi connectivity index (χ2v) is 6.60. The number of fused-ring (bicyclic) bond motifs is 1. The Morgan fingerprint density at radius 3 is 2.85 bits per heavy atom. The van der Waals surface area contributed by atoms with E-state index in [1.54, 1.807) is 0 Å². The molecule has 0 unspecified atom stereocenters. The van der Waals surface area contributed by atoms with Crippen molar-refractivity contribution >= 4 is 32.7 Å². The van der Waals surface area contributed by atoms with Gasteiger partial charge in [-0.15, -0.1) is 0 Å². The predicted molar refractivity (Wildman–Crippen MR) is 84.1 cm³/mol. The van der Waals surface area contributed by atoms with Crippen molar-refractivity contribution in [2.24, 2.45) is 5.92 Å². The zero-order chi connectivity index (χ0) is 14.3. The Kier molecular flexibility index (Phi) is 3.57. The fourth-order valence-electron chi connectivity index (χ4n) is 2.79. The van der Waals surface area contributed by atoms with Crippen LogP contribution < -0.4 is 0 Å². The number of aliphatic hydroxyl groups excluding tert-OH is 1. The molecule has 4 heteroatoms. The van der Waals surface area contributed by atoms with Gasteiger partial charge in [-0.3, -0.25) is 4.57 Å². The first-order valence-corrected chi connectivity index (χ1v) is 7.75. The maximum atomic E-state index is 9.31. The Bertz CT molecular complexity index is 695. The highest BCUT2D eigenvalue weighted by atomic mass is 79.9. The Hall–Kier alpha value is -1.31. The lowest BCUT2D eigenvalue weighted by Gasteiger charge is -2.09. The van der Waals surface area contributed by atoms with Crippen LogP contribution in [0.4, 0.5) is 5.82 Å². The van der Waals surface area contributed by atoms with Crippen LogP contribution in [0.3, 0.4) is 0 Å². The zero-order valence-corrected chi connectivity index (χ0v) is 13.0. The first-order valence-electron chi connectivity index (χ1n) is 6.95. The van der Waals surface area contributed by atoms with Gasteiger partial charge in [-0.25, -0.2) is 0 Å². The second-order valence-electron chi connectivity index (χ2n) is 5.68. The van der Waals surface area contributed by atoms with Crippen molar-refractivity contribution in [3.05, 3.63) is 39.7 Å². The van der Waals surface area contributed by atoms with Crippen LogP contribution in [0.1, 0.15) is 31.2 Å². The molecular formula is C16H17BrN2O. The summed E-state index contributed by atoms with van der Waals surface area (Å²) >= 11 is 3.52. The van der Waals surface area contributed by atoms with E-state index >= 15 is 0 Å². The number of halogens is 1. The minimum atomic E-state index is 0.143. The fraction of sp³-hybridized carbons (Fsp3) is 0.438. The maximum Gasteiger partial charge on any atom is 0.234 e. The molecule has 1 atom stereocenters. The van der Waals surface area contributed by atoms with Gasteiger partial charge in [-0.2, -0.15) is 0 Å². The highest BCUT2D eigenvalue weighted by molar-refractivity contribution is 9.10. The molecule has 1 aliphatic rings. The van der Waals surface area contributed by atoms with E-state index in [1.807, 2.05) is 13.0 Å². The van der Waals surface area contributed by atoms with Crippen molar-refractivity contribution in [3.8, 4) is 0 Å². The highest BCUT2D eigenvalue weighted by Gasteiger charge is 2.32. The van der Waals surface area contributed by atoms with E-state index in [4.69, 9.17) is 6.57 Å². The third-order valence-electron chi connectivity index (χ3n) is 3.93. The van der Waals surface area contributed by atoms with Crippen LogP contribution in [0.25, 0.3) is 15.7 Å². The van der Waals surface area contributed by atoms with Crippen molar-refractivity contribution < 1.29 is 5.11 Å². The van der Waals surface area contributed by atoms with E-state index in [0.717, 1.165) is 15.8 Å². The lowest BCUT2D eigenvalue weighted by molar-refractivity contribution is 0.224. The molecule has 0 bridgehead atoms. The molecule has 104 valence electrons. The second kappa shape index (κ2) is 5.23. The molecule has 1 N–H and O–H groups in total. The molecule has 2 aromatic rings. The number of hydrogen-bond donors (Lipinski definition) is 1. The first-order chi connectivity index (χ1) is 9.65. The molecule has 1 fully saturated rings. The average Bonchev–Trinajstić information content (AvgIpc) is 3.23. The van der Waals surface area contributed by atoms with Gasteiger partial charge in [0.1, 0.15) is 5.52 Å². The molecule has 0 radical (unpaired) electrons. The molecule has 0 saturated heterocycles. The monoisotopic (exact) mass is 332 g/mol. The molecule has 3 rings (SSSR count). The summed E-state index contributed by atoms with van der Waals surface area (Å²) in [5.74, 6) is 1.46. The van der Waals surface area contributed by atoms with E-state index in [0.29, 0.717) is 12.5 Å². The van der Waals surface area contributed by atoms with Crippen LogP contribution in [-0.4, -0.2) is 16.3 Å². The van der Waals surface area contributed by atoms with Crippen LogP contribution in [0.2, 0.25) is 0 Å². The normalized spacial score (nSPS) is 16.3. The van der Waals surface area contributed by atoms with E-state index in [-0.39, 0.29) is 12.5 Å². The molecule has 1 aromatic carbocycles. The summed E-state index contributed by atoms with van der Waals surface area (Å²) in [5, 5.41) is 10.5. The molecule has 0 amide bonds. The number of benzene rings is 1. The van der Waals surface area contributed by atoms with Gasteiger partial charge < -0.3 is 9.95 Å². The minimum absolute atomic E-state index is 0.143. The SMILES string of the molecule is [C-]#[N+]c1c(C2CC2)c2ccc(Br)cc2n1C[C@H](C)CO. The number of nitrogens with zero attached hydrogens (tertiary/aromatic N) is 2. The van der Waals surface area contributed by atoms with Crippen molar-refractivity contribution in [1.29, 1.82) is 0 Å². The van der Waals surface area contributed by atoms with Gasteiger partial charge in [-0.1, -0.05) is 35.5 Å². The van der Waals surface area contributed by atoms with E-state index < -0.39 is 0 Å². The molecule has 1 aromatic heterocycles. The number of aromatic nitrogens is 1. The summed E-state index contributed by atoms with van der Waals surface area (Å²) in [7, 11) is 0. The lowest BCUT2D eigenvalue weighted by atomic mass is 10.1. The smallest absolute Gasteiger partial charge is 0.234 e. The molecule has 20 heavy (non-hydrogen) atoms. The van der Waals surface area contributed by atoms with Gasteiger partial charge >= 0.3 is 0 Å². The van der Waals surface area contributed by atoms with Crippen LogP contribution in [0.5, 0.6) is 0 Å². The molecule has 1 saturated carbocycles. The van der Waals surface area contributed by atoms with E-state index in [1.165, 1.54) is 23.8 Å². The van der Waals surface area contributed by atoms with E-state index in [9.17, 15) is 5.11 Å². The van der Waals surface area contributed by atoms with Gasteiger partial charge in [-0.05, 0) is 36.5 Å². The predicted octanol–water partition coefficient (Wildman–Crippen LogP) is 4.46. The fourth-order valence-corrected chi connectivity index (χ4v) is 3.13. The standard InChI is InChI=1S/C16H17BrN2O/c1-10(9-20)8-19-14-7-12(17)5-6-13(14)15(11-3-4-11)16(19)18-2/h5-7,10-11,20H,3-4,8-9H2,1H3/t10-/m0/s1. The van der Waals surface area contributed by atoms with E-state index in [2.05, 4.69) is 37.5 Å². The van der Waals surface area contributed by atoms with Crippen LogP contribution >= 0.6 is 15.9 Å². The summed E-state index contributed by atoms with van der Waals surface area (Å²) in [6, 6.07) is 6.24.